The summed E-state index contributed by atoms with van der Waals surface area (Å²) in [5.74, 6) is -0.552. The van der Waals surface area contributed by atoms with Crippen LogP contribution in [0.3, 0.4) is 0 Å². The molecule has 182 valence electrons. The molecule has 0 aliphatic carbocycles. The Kier molecular flexibility index (Phi) is 11.3. The summed E-state index contributed by atoms with van der Waals surface area (Å²) in [4.78, 5) is 4.47. The molecule has 2 unspecified atom stereocenters. The van der Waals surface area contributed by atoms with Crippen molar-refractivity contribution in [3.63, 3.8) is 0 Å². The van der Waals surface area contributed by atoms with E-state index in [0.717, 1.165) is 23.2 Å². The molecule has 0 spiro atoms. The second-order valence-corrected chi connectivity index (χ2v) is 7.90. The number of hydrogen-bond acceptors (Lipinski definition) is 7. The Morgan fingerprint density at radius 3 is 2.47 bits per heavy atom. The highest BCUT2D eigenvalue weighted by atomic mass is 19.1. The molecule has 0 saturated heterocycles. The van der Waals surface area contributed by atoms with Crippen LogP contribution in [-0.4, -0.2) is 23.8 Å². The van der Waals surface area contributed by atoms with E-state index in [9.17, 15) is 9.65 Å². The van der Waals surface area contributed by atoms with Gasteiger partial charge in [-0.1, -0.05) is 26.2 Å². The smallest absolute Gasteiger partial charge is 0.143 e. The maximum atomic E-state index is 14.9. The van der Waals surface area contributed by atoms with Crippen LogP contribution in [0.25, 0.3) is 0 Å². The summed E-state index contributed by atoms with van der Waals surface area (Å²) in [7, 11) is 0. The van der Waals surface area contributed by atoms with Crippen LogP contribution in [0.4, 0.5) is 15.8 Å². The van der Waals surface area contributed by atoms with Gasteiger partial charge in [0.15, 0.2) is 0 Å². The highest BCUT2D eigenvalue weighted by molar-refractivity contribution is 5.65. The summed E-state index contributed by atoms with van der Waals surface area (Å²) >= 11 is 0. The van der Waals surface area contributed by atoms with E-state index in [1.165, 1.54) is 0 Å². The first-order valence-electron chi connectivity index (χ1n) is 11.1. The van der Waals surface area contributed by atoms with Crippen molar-refractivity contribution in [2.75, 3.05) is 10.3 Å². The third-order valence-electron chi connectivity index (χ3n) is 5.01. The molecular formula is C26H36FN7. The van der Waals surface area contributed by atoms with Gasteiger partial charge in [0, 0.05) is 42.1 Å². The fourth-order valence-electron chi connectivity index (χ4n) is 3.08. The number of hydrazone groups is 1. The highest BCUT2D eigenvalue weighted by Crippen LogP contribution is 2.26. The van der Waals surface area contributed by atoms with E-state index in [1.807, 2.05) is 52.8 Å². The first-order chi connectivity index (χ1) is 16.1. The molecule has 1 rings (SSSR count). The van der Waals surface area contributed by atoms with Crippen molar-refractivity contribution in [2.45, 2.75) is 60.0 Å². The summed E-state index contributed by atoms with van der Waals surface area (Å²) in [5, 5.41) is 24.6. The van der Waals surface area contributed by atoms with Crippen molar-refractivity contribution >= 4 is 18.1 Å². The molecule has 0 saturated carbocycles. The fourth-order valence-corrected chi connectivity index (χ4v) is 3.08. The molecule has 0 fully saturated rings. The molecule has 1 aromatic rings. The molecule has 0 bridgehead atoms. The Morgan fingerprint density at radius 1 is 1.29 bits per heavy atom. The van der Waals surface area contributed by atoms with Gasteiger partial charge in [0.05, 0.1) is 28.8 Å². The largest absolute Gasteiger partial charge is 0.385 e. The molecule has 0 aromatic carbocycles. The van der Waals surface area contributed by atoms with E-state index >= 15 is 0 Å². The SMILES string of the molecule is C=NN(/C=C\C)c1cc(NC(=C)/C(C#N)=C\C(F)=C(/C)NC(C)C(C)NC(=C)C)cnc1CC. The van der Waals surface area contributed by atoms with Crippen LogP contribution in [0.2, 0.25) is 0 Å². The van der Waals surface area contributed by atoms with Crippen LogP contribution in [0.15, 0.2) is 77.4 Å². The van der Waals surface area contributed by atoms with Crippen molar-refractivity contribution in [3.05, 3.63) is 78.0 Å². The van der Waals surface area contributed by atoms with E-state index in [-0.39, 0.29) is 23.4 Å². The average Bonchev–Trinajstić information content (AvgIpc) is 2.79. The minimum atomic E-state index is -0.552. The van der Waals surface area contributed by atoms with Crippen LogP contribution in [0.5, 0.6) is 0 Å². The zero-order valence-electron chi connectivity index (χ0n) is 21.0. The number of halogens is 1. The van der Waals surface area contributed by atoms with E-state index in [2.05, 4.69) is 45.9 Å². The van der Waals surface area contributed by atoms with Crippen LogP contribution < -0.4 is 21.0 Å². The van der Waals surface area contributed by atoms with Crippen molar-refractivity contribution in [1.82, 2.24) is 15.6 Å². The minimum absolute atomic E-state index is 0.0382. The third-order valence-corrected chi connectivity index (χ3v) is 5.01. The number of nitrogens with one attached hydrogen (secondary N) is 3. The normalized spacial score (nSPS) is 13.9. The molecular weight excluding hydrogens is 429 g/mol. The Balaban J connectivity index is 3.11. The number of aryl methyl sites for hydroxylation is 1. The lowest BCUT2D eigenvalue weighted by molar-refractivity contribution is 0.458. The minimum Gasteiger partial charge on any atom is -0.385 e. The van der Waals surface area contributed by atoms with E-state index < -0.39 is 5.83 Å². The lowest BCUT2D eigenvalue weighted by Crippen LogP contribution is -2.42. The standard InChI is InChI=1S/C26H36FN7/c1-10-12-34(29-9)26-14-23(16-30-25(26)11-2)33-20(7)22(15-28)13-24(27)21(8)32-19(6)18(5)31-17(3)4/h10,12-14,16,18-19,31-33H,3,7,9,11H2,1-2,4-6,8H3/b12-10-,22-13-,24-21-. The number of pyridine rings is 1. The van der Waals surface area contributed by atoms with Gasteiger partial charge in [0.25, 0.3) is 0 Å². The molecule has 0 radical (unpaired) electrons. The molecule has 8 heteroatoms. The number of nitriles is 1. The molecule has 0 aliphatic heterocycles. The van der Waals surface area contributed by atoms with Gasteiger partial charge in [-0.2, -0.15) is 10.4 Å². The first kappa shape index (κ1) is 28.2. The van der Waals surface area contributed by atoms with Gasteiger partial charge in [-0.25, -0.2) is 9.40 Å². The summed E-state index contributed by atoms with van der Waals surface area (Å²) in [6.45, 7) is 22.6. The number of aromatic nitrogens is 1. The molecule has 1 aromatic heterocycles. The Bertz CT molecular complexity index is 1030. The average molecular weight is 466 g/mol. The van der Waals surface area contributed by atoms with Gasteiger partial charge in [-0.15, -0.1) is 0 Å². The fraction of sp³-hybridized carbons (Fsp3) is 0.346. The Hall–Kier alpha value is -3.86. The van der Waals surface area contributed by atoms with Gasteiger partial charge in [0.2, 0.25) is 0 Å². The zero-order chi connectivity index (χ0) is 25.8. The maximum absolute atomic E-state index is 14.9. The molecule has 2 atom stereocenters. The van der Waals surface area contributed by atoms with Gasteiger partial charge in [0.1, 0.15) is 11.9 Å². The quantitative estimate of drug-likeness (QED) is 0.151. The van der Waals surface area contributed by atoms with Crippen LogP contribution in [0.1, 0.15) is 47.2 Å². The maximum Gasteiger partial charge on any atom is 0.143 e. The molecule has 3 N–H and O–H groups in total. The van der Waals surface area contributed by atoms with E-state index in [4.69, 9.17) is 0 Å². The van der Waals surface area contributed by atoms with Gasteiger partial charge >= 0.3 is 0 Å². The van der Waals surface area contributed by atoms with Crippen LogP contribution >= 0.6 is 0 Å². The lowest BCUT2D eigenvalue weighted by atomic mass is 10.1. The summed E-state index contributed by atoms with van der Waals surface area (Å²) < 4.78 is 14.9. The van der Waals surface area contributed by atoms with Crippen LogP contribution in [-0.2, 0) is 6.42 Å². The number of hydrogen-bond donors (Lipinski definition) is 3. The second-order valence-electron chi connectivity index (χ2n) is 7.90. The lowest BCUT2D eigenvalue weighted by Gasteiger charge is -2.24. The third kappa shape index (κ3) is 8.24. The summed E-state index contributed by atoms with van der Waals surface area (Å²) in [6.07, 6.45) is 7.10. The highest BCUT2D eigenvalue weighted by Gasteiger charge is 2.14. The number of rotatable bonds is 13. The van der Waals surface area contributed by atoms with Crippen molar-refractivity contribution in [2.24, 2.45) is 5.10 Å². The number of allylic oxidation sites excluding steroid dienone is 6. The Labute approximate surface area is 203 Å². The van der Waals surface area contributed by atoms with E-state index in [0.29, 0.717) is 17.8 Å². The second kappa shape index (κ2) is 13.6. The van der Waals surface area contributed by atoms with Crippen molar-refractivity contribution < 1.29 is 4.39 Å². The zero-order valence-corrected chi connectivity index (χ0v) is 21.0. The summed E-state index contributed by atoms with van der Waals surface area (Å²) in [5.41, 5.74) is 3.62. The monoisotopic (exact) mass is 465 g/mol. The predicted octanol–water partition coefficient (Wildman–Crippen LogP) is 5.67. The predicted molar refractivity (Wildman–Crippen MR) is 141 cm³/mol. The number of nitrogens with zero attached hydrogens (tertiary/aromatic N) is 4. The van der Waals surface area contributed by atoms with Gasteiger partial charge < -0.3 is 16.0 Å². The van der Waals surface area contributed by atoms with E-state index in [1.54, 1.807) is 24.3 Å². The van der Waals surface area contributed by atoms with Gasteiger partial charge in [-0.3, -0.25) is 4.98 Å². The molecule has 34 heavy (non-hydrogen) atoms. The van der Waals surface area contributed by atoms with Crippen molar-refractivity contribution in [1.29, 1.82) is 5.26 Å². The van der Waals surface area contributed by atoms with Gasteiger partial charge in [-0.05, 0) is 53.2 Å². The Morgan fingerprint density at radius 2 is 1.94 bits per heavy atom. The van der Waals surface area contributed by atoms with Crippen molar-refractivity contribution in [3.8, 4) is 6.07 Å². The van der Waals surface area contributed by atoms with Crippen LogP contribution in [0, 0.1) is 11.3 Å². The molecule has 0 amide bonds. The topological polar surface area (TPSA) is 88.4 Å². The first-order valence-corrected chi connectivity index (χ1v) is 11.1. The molecule has 7 nitrogen and oxygen atoms in total. The molecule has 1 heterocycles. The molecule has 0 aliphatic rings. The summed E-state index contributed by atoms with van der Waals surface area (Å²) in [6, 6.07) is 3.81. The number of anilines is 2.